The van der Waals surface area contributed by atoms with Crippen LogP contribution in [0.15, 0.2) is 18.2 Å². The number of carbonyl (C=O) groups excluding carboxylic acids is 1. The summed E-state index contributed by atoms with van der Waals surface area (Å²) >= 11 is 0. The molecule has 1 fully saturated rings. The van der Waals surface area contributed by atoms with E-state index in [1.54, 1.807) is 0 Å². The van der Waals surface area contributed by atoms with Gasteiger partial charge in [0.25, 0.3) is 5.91 Å². The highest BCUT2D eigenvalue weighted by molar-refractivity contribution is 5.95. The second-order valence-electron chi connectivity index (χ2n) is 5.17. The van der Waals surface area contributed by atoms with E-state index in [9.17, 15) is 9.18 Å². The van der Waals surface area contributed by atoms with Crippen LogP contribution in [0.1, 0.15) is 43.0 Å². The fourth-order valence-corrected chi connectivity index (χ4v) is 2.30. The molecule has 0 atom stereocenters. The minimum Gasteiger partial charge on any atom is -0.399 e. The Morgan fingerprint density at radius 2 is 2.22 bits per heavy atom. The molecule has 4 heteroatoms. The summed E-state index contributed by atoms with van der Waals surface area (Å²) in [5.74, 6) is -0.899. The van der Waals surface area contributed by atoms with Crippen LogP contribution in [0.4, 0.5) is 10.1 Å². The minimum absolute atomic E-state index is 0.0299. The molecule has 0 unspecified atom stereocenters. The van der Waals surface area contributed by atoms with Gasteiger partial charge in [0.2, 0.25) is 0 Å². The fourth-order valence-electron chi connectivity index (χ4n) is 2.30. The number of nitrogen functional groups attached to an aromatic ring is 1. The molecule has 1 aromatic carbocycles. The highest BCUT2D eigenvalue weighted by Crippen LogP contribution is 2.48. The molecule has 2 rings (SSSR count). The van der Waals surface area contributed by atoms with Crippen LogP contribution in [0.2, 0.25) is 0 Å². The number of rotatable bonds is 5. The Labute approximate surface area is 107 Å². The van der Waals surface area contributed by atoms with Gasteiger partial charge in [-0.15, -0.1) is 0 Å². The van der Waals surface area contributed by atoms with E-state index in [2.05, 4.69) is 12.2 Å². The Bertz CT molecular complexity index is 455. The summed E-state index contributed by atoms with van der Waals surface area (Å²) < 4.78 is 13.5. The predicted molar refractivity (Wildman–Crippen MR) is 69.7 cm³/mol. The zero-order chi connectivity index (χ0) is 13.2. The first-order chi connectivity index (χ1) is 8.56. The number of nitrogens with one attached hydrogen (secondary N) is 1. The topological polar surface area (TPSA) is 55.1 Å². The Morgan fingerprint density at radius 3 is 2.83 bits per heavy atom. The van der Waals surface area contributed by atoms with Crippen molar-refractivity contribution < 1.29 is 9.18 Å². The quantitative estimate of drug-likeness (QED) is 0.789. The van der Waals surface area contributed by atoms with Gasteiger partial charge in [0.15, 0.2) is 0 Å². The molecule has 0 bridgehead atoms. The molecule has 3 N–H and O–H groups in total. The lowest BCUT2D eigenvalue weighted by Gasteiger charge is -2.15. The Balaban J connectivity index is 1.98. The maximum atomic E-state index is 13.5. The third kappa shape index (κ3) is 2.81. The van der Waals surface area contributed by atoms with Crippen molar-refractivity contribution in [1.82, 2.24) is 5.32 Å². The lowest BCUT2D eigenvalue weighted by atomic mass is 10.0. The van der Waals surface area contributed by atoms with E-state index in [1.165, 1.54) is 18.2 Å². The van der Waals surface area contributed by atoms with Gasteiger partial charge in [0.1, 0.15) is 5.82 Å². The Hall–Kier alpha value is -1.58. The van der Waals surface area contributed by atoms with Gasteiger partial charge in [-0.1, -0.05) is 13.3 Å². The summed E-state index contributed by atoms with van der Waals surface area (Å²) in [5.41, 5.74) is 6.25. The highest BCUT2D eigenvalue weighted by atomic mass is 19.1. The molecule has 0 heterocycles. The highest BCUT2D eigenvalue weighted by Gasteiger charge is 2.41. The van der Waals surface area contributed by atoms with Gasteiger partial charge in [-0.05, 0) is 42.9 Å². The summed E-state index contributed by atoms with van der Waals surface area (Å²) in [5, 5.41) is 2.82. The van der Waals surface area contributed by atoms with Crippen molar-refractivity contribution in [2.75, 3.05) is 12.3 Å². The predicted octanol–water partition coefficient (Wildman–Crippen LogP) is 2.72. The van der Waals surface area contributed by atoms with Crippen molar-refractivity contribution in [3.63, 3.8) is 0 Å². The molecule has 1 aliphatic rings. The van der Waals surface area contributed by atoms with E-state index in [4.69, 9.17) is 5.73 Å². The standard InChI is InChI=1S/C14H19FN2O/c1-2-5-14(6-7-14)9-17-13(18)11-8-10(16)3-4-12(11)15/h3-4,8H,2,5-7,9,16H2,1H3,(H,17,18). The smallest absolute Gasteiger partial charge is 0.254 e. The number of halogens is 1. The number of hydrogen-bond acceptors (Lipinski definition) is 2. The molecular weight excluding hydrogens is 231 g/mol. The first-order valence-electron chi connectivity index (χ1n) is 6.39. The van der Waals surface area contributed by atoms with Crippen molar-refractivity contribution in [2.24, 2.45) is 5.41 Å². The van der Waals surface area contributed by atoms with Crippen LogP contribution in [0.3, 0.4) is 0 Å². The van der Waals surface area contributed by atoms with Crippen molar-refractivity contribution in [3.05, 3.63) is 29.6 Å². The fraction of sp³-hybridized carbons (Fsp3) is 0.500. The molecule has 0 spiro atoms. The van der Waals surface area contributed by atoms with Gasteiger partial charge in [0.05, 0.1) is 5.56 Å². The van der Waals surface area contributed by atoms with Crippen LogP contribution in [0.25, 0.3) is 0 Å². The van der Waals surface area contributed by atoms with Crippen molar-refractivity contribution >= 4 is 11.6 Å². The average molecular weight is 250 g/mol. The van der Waals surface area contributed by atoms with Crippen LogP contribution in [-0.2, 0) is 0 Å². The zero-order valence-corrected chi connectivity index (χ0v) is 10.6. The third-order valence-electron chi connectivity index (χ3n) is 3.60. The van der Waals surface area contributed by atoms with Gasteiger partial charge >= 0.3 is 0 Å². The molecule has 1 amide bonds. The Kier molecular flexibility index (Phi) is 3.55. The van der Waals surface area contributed by atoms with Crippen LogP contribution < -0.4 is 11.1 Å². The first kappa shape index (κ1) is 12.9. The Morgan fingerprint density at radius 1 is 1.50 bits per heavy atom. The molecule has 0 radical (unpaired) electrons. The van der Waals surface area contributed by atoms with E-state index in [1.807, 2.05) is 0 Å². The van der Waals surface area contributed by atoms with Crippen molar-refractivity contribution in [3.8, 4) is 0 Å². The molecule has 0 aliphatic heterocycles. The van der Waals surface area contributed by atoms with Crippen LogP contribution >= 0.6 is 0 Å². The number of amides is 1. The van der Waals surface area contributed by atoms with E-state index in [-0.39, 0.29) is 16.9 Å². The molecule has 3 nitrogen and oxygen atoms in total. The van der Waals surface area contributed by atoms with Crippen LogP contribution in [0.5, 0.6) is 0 Å². The summed E-state index contributed by atoms with van der Waals surface area (Å²) in [6.07, 6.45) is 4.54. The normalized spacial score (nSPS) is 16.3. The van der Waals surface area contributed by atoms with E-state index < -0.39 is 5.82 Å². The van der Waals surface area contributed by atoms with Crippen LogP contribution in [-0.4, -0.2) is 12.5 Å². The van der Waals surface area contributed by atoms with Gasteiger partial charge < -0.3 is 11.1 Å². The first-order valence-corrected chi connectivity index (χ1v) is 6.39. The number of nitrogens with two attached hydrogens (primary N) is 1. The largest absolute Gasteiger partial charge is 0.399 e. The maximum Gasteiger partial charge on any atom is 0.254 e. The van der Waals surface area contributed by atoms with Gasteiger partial charge in [0, 0.05) is 12.2 Å². The van der Waals surface area contributed by atoms with Gasteiger partial charge in [-0.25, -0.2) is 4.39 Å². The van der Waals surface area contributed by atoms with Gasteiger partial charge in [-0.3, -0.25) is 4.79 Å². The molecule has 1 aliphatic carbocycles. The molecule has 1 saturated carbocycles. The molecule has 18 heavy (non-hydrogen) atoms. The number of carbonyl (C=O) groups is 1. The SMILES string of the molecule is CCCC1(CNC(=O)c2cc(N)ccc2F)CC1. The summed E-state index contributed by atoms with van der Waals surface area (Å²) in [4.78, 5) is 11.9. The van der Waals surface area contributed by atoms with E-state index in [0.29, 0.717) is 12.2 Å². The maximum absolute atomic E-state index is 13.5. The van der Waals surface area contributed by atoms with E-state index in [0.717, 1.165) is 25.7 Å². The lowest BCUT2D eigenvalue weighted by Crippen LogP contribution is -2.30. The molecule has 0 saturated heterocycles. The van der Waals surface area contributed by atoms with Gasteiger partial charge in [-0.2, -0.15) is 0 Å². The van der Waals surface area contributed by atoms with Crippen LogP contribution in [0, 0.1) is 11.2 Å². The third-order valence-corrected chi connectivity index (χ3v) is 3.60. The molecule has 98 valence electrons. The average Bonchev–Trinajstić information content (AvgIpc) is 3.10. The minimum atomic E-state index is -0.526. The molecule has 0 aromatic heterocycles. The zero-order valence-electron chi connectivity index (χ0n) is 10.6. The summed E-state index contributed by atoms with van der Waals surface area (Å²) in [7, 11) is 0. The number of hydrogen-bond donors (Lipinski definition) is 2. The molecule has 1 aromatic rings. The van der Waals surface area contributed by atoms with E-state index >= 15 is 0 Å². The summed E-state index contributed by atoms with van der Waals surface area (Å²) in [6.45, 7) is 2.77. The number of benzene rings is 1. The monoisotopic (exact) mass is 250 g/mol. The van der Waals surface area contributed by atoms with Crippen molar-refractivity contribution in [1.29, 1.82) is 0 Å². The number of anilines is 1. The lowest BCUT2D eigenvalue weighted by molar-refractivity contribution is 0.0939. The second-order valence-corrected chi connectivity index (χ2v) is 5.17. The molecular formula is C14H19FN2O. The van der Waals surface area contributed by atoms with Crippen molar-refractivity contribution in [2.45, 2.75) is 32.6 Å². The second kappa shape index (κ2) is 4.96. The summed E-state index contributed by atoms with van der Waals surface area (Å²) in [6, 6.07) is 4.05.